The molecule has 3 aromatic rings. The summed E-state index contributed by atoms with van der Waals surface area (Å²) in [4.78, 5) is 18.6. The number of amides is 1. The molecule has 0 saturated carbocycles. The lowest BCUT2D eigenvalue weighted by molar-refractivity contribution is -0.137. The van der Waals surface area contributed by atoms with Crippen molar-refractivity contribution in [3.05, 3.63) is 65.2 Å². The Labute approximate surface area is 163 Å². The van der Waals surface area contributed by atoms with E-state index in [-0.39, 0.29) is 17.1 Å². The van der Waals surface area contributed by atoms with Gasteiger partial charge in [-0.1, -0.05) is 11.6 Å². The first-order chi connectivity index (χ1) is 13.3. The fourth-order valence-corrected chi connectivity index (χ4v) is 3.47. The number of carbonyl (C=O) groups is 1. The van der Waals surface area contributed by atoms with E-state index in [4.69, 9.17) is 11.6 Å². The van der Waals surface area contributed by atoms with Crippen LogP contribution < -0.4 is 4.90 Å². The topological polar surface area (TPSA) is 51.0 Å². The fourth-order valence-electron chi connectivity index (χ4n) is 3.30. The predicted octanol–water partition coefficient (Wildman–Crippen LogP) is 4.84. The lowest BCUT2D eigenvalue weighted by atomic mass is 10.0. The first-order valence-electron chi connectivity index (χ1n) is 8.44. The molecule has 1 aliphatic rings. The number of fused-ring (bicyclic) bond motifs is 1. The highest BCUT2D eigenvalue weighted by Gasteiger charge is 2.35. The molecule has 144 valence electrons. The summed E-state index contributed by atoms with van der Waals surface area (Å²) in [7, 11) is 0. The second-order valence-electron chi connectivity index (χ2n) is 6.53. The van der Waals surface area contributed by atoms with Crippen molar-refractivity contribution in [1.29, 1.82) is 0 Å². The number of hydrogen-bond donors (Lipinski definition) is 0. The van der Waals surface area contributed by atoms with Crippen LogP contribution in [0.2, 0.25) is 5.15 Å². The Hall–Kier alpha value is -2.87. The third-order valence-electron chi connectivity index (χ3n) is 4.65. The fraction of sp³-hybridized carbons (Fsp3) is 0.211. The van der Waals surface area contributed by atoms with E-state index in [2.05, 4.69) is 10.1 Å². The van der Waals surface area contributed by atoms with Crippen molar-refractivity contribution in [2.24, 2.45) is 0 Å². The van der Waals surface area contributed by atoms with E-state index in [1.165, 1.54) is 23.2 Å². The van der Waals surface area contributed by atoms with Crippen LogP contribution in [0.3, 0.4) is 0 Å². The molecule has 28 heavy (non-hydrogen) atoms. The van der Waals surface area contributed by atoms with E-state index in [0.717, 1.165) is 12.1 Å². The zero-order chi connectivity index (χ0) is 20.1. The van der Waals surface area contributed by atoms with Crippen LogP contribution in [-0.4, -0.2) is 27.2 Å². The van der Waals surface area contributed by atoms with Crippen molar-refractivity contribution in [3.8, 4) is 11.1 Å². The van der Waals surface area contributed by atoms with Crippen LogP contribution >= 0.6 is 11.6 Å². The van der Waals surface area contributed by atoms with E-state index >= 15 is 0 Å². The molecule has 1 amide bonds. The number of alkyl halides is 3. The number of pyridine rings is 1. The number of rotatable bonds is 2. The Kier molecular flexibility index (Phi) is 4.38. The first-order valence-corrected chi connectivity index (χ1v) is 8.82. The molecule has 1 aromatic carbocycles. The summed E-state index contributed by atoms with van der Waals surface area (Å²) in [6, 6.07) is 7.77. The highest BCUT2D eigenvalue weighted by atomic mass is 35.5. The van der Waals surface area contributed by atoms with Crippen molar-refractivity contribution in [1.82, 2.24) is 14.8 Å². The Morgan fingerprint density at radius 1 is 1.18 bits per heavy atom. The van der Waals surface area contributed by atoms with E-state index in [1.807, 2.05) is 6.92 Å². The average Bonchev–Trinajstić information content (AvgIpc) is 3.10. The van der Waals surface area contributed by atoms with Crippen LogP contribution in [0.25, 0.3) is 11.1 Å². The second-order valence-corrected chi connectivity index (χ2v) is 6.92. The zero-order valence-corrected chi connectivity index (χ0v) is 15.4. The minimum Gasteiger partial charge on any atom is -0.305 e. The third kappa shape index (κ3) is 3.13. The van der Waals surface area contributed by atoms with Gasteiger partial charge in [0.05, 0.1) is 17.8 Å². The molecule has 0 N–H and O–H groups in total. The lowest BCUT2D eigenvalue weighted by Crippen LogP contribution is -2.42. The Morgan fingerprint density at radius 2 is 1.89 bits per heavy atom. The predicted molar refractivity (Wildman–Crippen MR) is 98.3 cm³/mol. The summed E-state index contributed by atoms with van der Waals surface area (Å²) in [5, 5.41) is 4.61. The molecule has 1 atom stereocenters. The number of aromatic nitrogens is 3. The van der Waals surface area contributed by atoms with E-state index in [1.54, 1.807) is 23.0 Å². The Bertz CT molecular complexity index is 1050. The van der Waals surface area contributed by atoms with Gasteiger partial charge in [0.1, 0.15) is 10.8 Å². The molecule has 4 rings (SSSR count). The van der Waals surface area contributed by atoms with Crippen molar-refractivity contribution in [3.63, 3.8) is 0 Å². The maximum atomic E-state index is 13.2. The molecule has 3 heterocycles. The molecule has 9 heteroatoms. The Balaban J connectivity index is 1.75. The largest absolute Gasteiger partial charge is 0.416 e. The van der Waals surface area contributed by atoms with E-state index in [0.29, 0.717) is 29.1 Å². The van der Waals surface area contributed by atoms with Gasteiger partial charge in [0, 0.05) is 24.0 Å². The molecule has 0 bridgehead atoms. The summed E-state index contributed by atoms with van der Waals surface area (Å²) < 4.78 is 40.1. The van der Waals surface area contributed by atoms with Gasteiger partial charge in [-0.3, -0.25) is 9.48 Å². The Morgan fingerprint density at radius 3 is 2.54 bits per heavy atom. The van der Waals surface area contributed by atoms with Crippen LogP contribution in [0, 0.1) is 0 Å². The average molecular weight is 407 g/mol. The number of benzene rings is 1. The molecular formula is C19H14ClF3N4O. The SMILES string of the molecule is CC1CN(c2ccc(C(F)(F)F)cc2)C(=O)c2c(-c3ccnc(Cl)c3)cnn21. The molecule has 0 fully saturated rings. The van der Waals surface area contributed by atoms with Crippen LogP contribution in [0.1, 0.15) is 29.0 Å². The van der Waals surface area contributed by atoms with E-state index in [9.17, 15) is 18.0 Å². The van der Waals surface area contributed by atoms with Gasteiger partial charge >= 0.3 is 6.18 Å². The molecule has 2 aromatic heterocycles. The van der Waals surface area contributed by atoms with Gasteiger partial charge in [0.25, 0.3) is 5.91 Å². The van der Waals surface area contributed by atoms with Gasteiger partial charge < -0.3 is 4.90 Å². The van der Waals surface area contributed by atoms with Crippen molar-refractivity contribution >= 4 is 23.2 Å². The number of carbonyl (C=O) groups excluding carboxylic acids is 1. The highest BCUT2D eigenvalue weighted by molar-refractivity contribution is 6.29. The molecule has 0 saturated heterocycles. The normalized spacial score (nSPS) is 17.0. The van der Waals surface area contributed by atoms with Gasteiger partial charge in [-0.25, -0.2) is 4.98 Å². The molecule has 0 aliphatic carbocycles. The van der Waals surface area contributed by atoms with Crippen LogP contribution in [0.5, 0.6) is 0 Å². The number of hydrogen-bond acceptors (Lipinski definition) is 3. The number of anilines is 1. The molecule has 1 unspecified atom stereocenters. The van der Waals surface area contributed by atoms with Crippen LogP contribution in [0.4, 0.5) is 18.9 Å². The maximum Gasteiger partial charge on any atom is 0.416 e. The van der Waals surface area contributed by atoms with Gasteiger partial charge in [0.2, 0.25) is 0 Å². The van der Waals surface area contributed by atoms with Crippen molar-refractivity contribution in [2.45, 2.75) is 19.1 Å². The van der Waals surface area contributed by atoms with E-state index < -0.39 is 11.7 Å². The minimum absolute atomic E-state index is 0.152. The monoisotopic (exact) mass is 406 g/mol. The van der Waals surface area contributed by atoms with Gasteiger partial charge in [-0.2, -0.15) is 18.3 Å². The maximum absolute atomic E-state index is 13.2. The van der Waals surface area contributed by atoms with Crippen molar-refractivity contribution < 1.29 is 18.0 Å². The molecule has 0 radical (unpaired) electrons. The first kappa shape index (κ1) is 18.5. The third-order valence-corrected chi connectivity index (χ3v) is 4.86. The number of nitrogens with zero attached hydrogens (tertiary/aromatic N) is 4. The molecular weight excluding hydrogens is 393 g/mol. The smallest absolute Gasteiger partial charge is 0.305 e. The summed E-state index contributed by atoms with van der Waals surface area (Å²) in [6.07, 6.45) is -1.30. The highest BCUT2D eigenvalue weighted by Crippen LogP contribution is 2.35. The molecule has 5 nitrogen and oxygen atoms in total. The van der Waals surface area contributed by atoms with Crippen LogP contribution in [0.15, 0.2) is 48.8 Å². The zero-order valence-electron chi connectivity index (χ0n) is 14.6. The van der Waals surface area contributed by atoms with Gasteiger partial charge in [0.15, 0.2) is 0 Å². The van der Waals surface area contributed by atoms with Gasteiger partial charge in [-0.05, 0) is 48.9 Å². The van der Waals surface area contributed by atoms with Gasteiger partial charge in [-0.15, -0.1) is 0 Å². The summed E-state index contributed by atoms with van der Waals surface area (Å²) >= 11 is 5.96. The minimum atomic E-state index is -4.43. The molecule has 1 aliphatic heterocycles. The van der Waals surface area contributed by atoms with Crippen LogP contribution in [-0.2, 0) is 6.18 Å². The quantitative estimate of drug-likeness (QED) is 0.572. The number of halogens is 4. The summed E-state index contributed by atoms with van der Waals surface area (Å²) in [6.45, 7) is 2.19. The summed E-state index contributed by atoms with van der Waals surface area (Å²) in [5.74, 6) is -0.335. The lowest BCUT2D eigenvalue weighted by Gasteiger charge is -2.32. The standard InChI is InChI=1S/C19H14ClF3N4O/c1-11-10-26(14-4-2-13(3-5-14)19(21,22)23)18(28)17-15(9-25-27(11)17)12-6-7-24-16(20)8-12/h2-9,11H,10H2,1H3. The molecule has 0 spiro atoms. The summed E-state index contributed by atoms with van der Waals surface area (Å²) in [5.41, 5.74) is 1.29. The van der Waals surface area contributed by atoms with Crippen molar-refractivity contribution in [2.75, 3.05) is 11.4 Å². The second kappa shape index (κ2) is 6.63.